The van der Waals surface area contributed by atoms with E-state index in [0.29, 0.717) is 61.9 Å². The highest BCUT2D eigenvalue weighted by atomic mass is 19.1. The Kier molecular flexibility index (Phi) is 7.99. The van der Waals surface area contributed by atoms with Gasteiger partial charge < -0.3 is 24.1 Å². The van der Waals surface area contributed by atoms with Crippen LogP contribution in [-0.4, -0.2) is 35.5 Å². The first-order valence-electron chi connectivity index (χ1n) is 14.6. The Bertz CT molecular complexity index is 2210. The SMILES string of the molecule is COc1cc(OC)c(Cn2oc3cccc(N[C@H](C)c4cc(C)cn5c(=O)c(C)c(-c6cccc(F)c6)nc45)c3c2=O)c(OC)c1. The largest absolute Gasteiger partial charge is 0.496 e. The third kappa shape index (κ3) is 5.33. The monoisotopic (exact) mass is 624 g/mol. The lowest BCUT2D eigenvalue weighted by Gasteiger charge is -2.19. The fourth-order valence-corrected chi connectivity index (χ4v) is 5.76. The molecule has 0 radical (unpaired) electrons. The summed E-state index contributed by atoms with van der Waals surface area (Å²) in [5, 5.41) is 3.81. The first kappa shape index (κ1) is 30.4. The van der Waals surface area contributed by atoms with Crippen molar-refractivity contribution in [1.29, 1.82) is 0 Å². The molecule has 236 valence electrons. The zero-order valence-electron chi connectivity index (χ0n) is 26.3. The van der Waals surface area contributed by atoms with Gasteiger partial charge in [0.15, 0.2) is 5.58 Å². The van der Waals surface area contributed by atoms with Crippen LogP contribution >= 0.6 is 0 Å². The molecule has 3 aromatic heterocycles. The summed E-state index contributed by atoms with van der Waals surface area (Å²) in [7, 11) is 4.61. The lowest BCUT2D eigenvalue weighted by molar-refractivity contribution is 0.290. The molecule has 0 unspecified atom stereocenters. The van der Waals surface area contributed by atoms with Crippen LogP contribution in [0.25, 0.3) is 27.9 Å². The van der Waals surface area contributed by atoms with E-state index < -0.39 is 11.9 Å². The molecule has 0 aliphatic rings. The number of nitrogens with zero attached hydrogens (tertiary/aromatic N) is 3. The van der Waals surface area contributed by atoms with Gasteiger partial charge in [0.05, 0.1) is 50.9 Å². The Balaban J connectivity index is 1.42. The molecule has 46 heavy (non-hydrogen) atoms. The molecule has 0 bridgehead atoms. The van der Waals surface area contributed by atoms with Gasteiger partial charge in [0, 0.05) is 35.0 Å². The molecule has 0 amide bonds. The predicted molar refractivity (Wildman–Crippen MR) is 174 cm³/mol. The highest BCUT2D eigenvalue weighted by Gasteiger charge is 2.22. The summed E-state index contributed by atoms with van der Waals surface area (Å²) >= 11 is 0. The minimum Gasteiger partial charge on any atom is -0.496 e. The Morgan fingerprint density at radius 1 is 0.935 bits per heavy atom. The number of aromatic nitrogens is 3. The molecule has 0 saturated carbocycles. The zero-order chi connectivity index (χ0) is 32.7. The molecule has 6 rings (SSSR count). The minimum atomic E-state index is -0.416. The molecule has 3 aromatic carbocycles. The summed E-state index contributed by atoms with van der Waals surface area (Å²) in [4.78, 5) is 32.2. The first-order valence-corrected chi connectivity index (χ1v) is 14.6. The van der Waals surface area contributed by atoms with Crippen LogP contribution in [0.2, 0.25) is 0 Å². The van der Waals surface area contributed by atoms with E-state index in [0.717, 1.165) is 11.1 Å². The van der Waals surface area contributed by atoms with Gasteiger partial charge in [-0.2, -0.15) is 4.74 Å². The number of nitrogens with one attached hydrogen (secondary N) is 1. The van der Waals surface area contributed by atoms with Crippen molar-refractivity contribution in [2.45, 2.75) is 33.4 Å². The Labute approximate surface area is 263 Å². The Hall–Kier alpha value is -5.58. The van der Waals surface area contributed by atoms with E-state index in [-0.39, 0.29) is 17.7 Å². The molecular formula is C35H33FN4O6. The molecule has 0 aliphatic heterocycles. The van der Waals surface area contributed by atoms with E-state index in [1.54, 1.807) is 62.7 Å². The lowest BCUT2D eigenvalue weighted by atomic mass is 10.0. The van der Waals surface area contributed by atoms with E-state index in [4.69, 9.17) is 23.7 Å². The zero-order valence-corrected chi connectivity index (χ0v) is 26.3. The number of ether oxygens (including phenoxy) is 3. The van der Waals surface area contributed by atoms with Gasteiger partial charge in [-0.3, -0.25) is 14.0 Å². The number of pyridine rings is 1. The highest BCUT2D eigenvalue weighted by molar-refractivity contribution is 5.90. The van der Waals surface area contributed by atoms with Gasteiger partial charge >= 0.3 is 0 Å². The van der Waals surface area contributed by atoms with Gasteiger partial charge in [-0.1, -0.05) is 18.2 Å². The van der Waals surface area contributed by atoms with Crippen molar-refractivity contribution in [3.63, 3.8) is 0 Å². The third-order valence-corrected chi connectivity index (χ3v) is 8.05. The molecule has 0 saturated heterocycles. The van der Waals surface area contributed by atoms with Crippen molar-refractivity contribution in [3.8, 4) is 28.5 Å². The topological polar surface area (TPSA) is 109 Å². The molecular weight excluding hydrogens is 591 g/mol. The maximum Gasteiger partial charge on any atom is 0.292 e. The number of hydrogen-bond donors (Lipinski definition) is 1. The molecule has 0 fully saturated rings. The second-order valence-electron chi connectivity index (χ2n) is 11.1. The Morgan fingerprint density at radius 2 is 1.65 bits per heavy atom. The number of anilines is 1. The van der Waals surface area contributed by atoms with Crippen molar-refractivity contribution in [1.82, 2.24) is 14.1 Å². The third-order valence-electron chi connectivity index (χ3n) is 8.05. The normalized spacial score (nSPS) is 12.0. The average Bonchev–Trinajstić information content (AvgIpc) is 3.37. The van der Waals surface area contributed by atoms with Crippen molar-refractivity contribution in [2.75, 3.05) is 26.6 Å². The first-order chi connectivity index (χ1) is 22.1. The van der Waals surface area contributed by atoms with Crippen LogP contribution in [-0.2, 0) is 6.54 Å². The number of hydrogen-bond acceptors (Lipinski definition) is 8. The van der Waals surface area contributed by atoms with E-state index in [1.807, 2.05) is 19.9 Å². The summed E-state index contributed by atoms with van der Waals surface area (Å²) in [6, 6.07) is 16.3. The quantitative estimate of drug-likeness (QED) is 0.201. The summed E-state index contributed by atoms with van der Waals surface area (Å²) in [6.07, 6.45) is 1.74. The summed E-state index contributed by atoms with van der Waals surface area (Å²) < 4.78 is 39.4. The number of aryl methyl sites for hydroxylation is 1. The van der Waals surface area contributed by atoms with E-state index in [2.05, 4.69) is 5.32 Å². The van der Waals surface area contributed by atoms with Crippen LogP contribution < -0.4 is 30.6 Å². The summed E-state index contributed by atoms with van der Waals surface area (Å²) in [6.45, 7) is 5.56. The number of halogens is 1. The fraction of sp³-hybridized carbons (Fsp3) is 0.229. The van der Waals surface area contributed by atoms with Crippen LogP contribution in [0.5, 0.6) is 17.2 Å². The standard InChI is InChI=1S/C35H33FN4O6/c1-19-13-25(33-38-32(20(2)34(41)39(33)17-19)22-9-7-10-23(36)14-22)21(3)37-27-11-8-12-28-31(27)35(42)40(46-28)18-26-29(44-5)15-24(43-4)16-30(26)45-6/h7-17,21,37H,18H2,1-6H3/t21-/m1/s1. The molecule has 0 spiro atoms. The average molecular weight is 625 g/mol. The van der Waals surface area contributed by atoms with Gasteiger partial charge in [-0.15, -0.1) is 0 Å². The van der Waals surface area contributed by atoms with Crippen molar-refractivity contribution < 1.29 is 23.1 Å². The molecule has 1 N–H and O–H groups in total. The van der Waals surface area contributed by atoms with Crippen molar-refractivity contribution in [2.24, 2.45) is 0 Å². The lowest BCUT2D eigenvalue weighted by Crippen LogP contribution is -2.22. The maximum absolute atomic E-state index is 14.1. The molecule has 0 aliphatic carbocycles. The van der Waals surface area contributed by atoms with E-state index in [1.165, 1.54) is 35.5 Å². The molecule has 11 heteroatoms. The number of benzene rings is 3. The fourth-order valence-electron chi connectivity index (χ4n) is 5.76. The van der Waals surface area contributed by atoms with E-state index >= 15 is 0 Å². The van der Waals surface area contributed by atoms with Gasteiger partial charge in [-0.05, 0) is 56.7 Å². The van der Waals surface area contributed by atoms with Crippen LogP contribution in [0.15, 0.2) is 81.0 Å². The van der Waals surface area contributed by atoms with Gasteiger partial charge in [0.25, 0.3) is 11.1 Å². The molecule has 6 aromatic rings. The van der Waals surface area contributed by atoms with Crippen LogP contribution in [0.4, 0.5) is 10.1 Å². The van der Waals surface area contributed by atoms with Crippen molar-refractivity contribution in [3.05, 3.63) is 116 Å². The second kappa shape index (κ2) is 12.1. The van der Waals surface area contributed by atoms with Gasteiger partial charge in [0.2, 0.25) is 0 Å². The minimum absolute atomic E-state index is 0.0520. The smallest absolute Gasteiger partial charge is 0.292 e. The number of fused-ring (bicyclic) bond motifs is 2. The predicted octanol–water partition coefficient (Wildman–Crippen LogP) is 6.27. The van der Waals surface area contributed by atoms with Crippen LogP contribution in [0, 0.1) is 19.7 Å². The second-order valence-corrected chi connectivity index (χ2v) is 11.1. The number of methoxy groups -OCH3 is 3. The molecule has 3 heterocycles. The van der Waals surface area contributed by atoms with Gasteiger partial charge in [0.1, 0.15) is 34.1 Å². The van der Waals surface area contributed by atoms with E-state index in [9.17, 15) is 14.0 Å². The summed E-state index contributed by atoms with van der Waals surface area (Å²) in [5.41, 5.74) is 4.29. The number of rotatable bonds is 9. The Morgan fingerprint density at radius 3 is 2.33 bits per heavy atom. The highest BCUT2D eigenvalue weighted by Crippen LogP contribution is 2.35. The maximum atomic E-state index is 14.1. The van der Waals surface area contributed by atoms with Crippen molar-refractivity contribution >= 4 is 22.3 Å². The molecule has 1 atom stereocenters. The summed E-state index contributed by atoms with van der Waals surface area (Å²) in [5.74, 6) is 1.10. The van der Waals surface area contributed by atoms with Gasteiger partial charge in [-0.25, -0.2) is 9.37 Å². The van der Waals surface area contributed by atoms with Crippen LogP contribution in [0.1, 0.15) is 35.2 Å². The van der Waals surface area contributed by atoms with Crippen LogP contribution in [0.3, 0.4) is 0 Å². The molecule has 10 nitrogen and oxygen atoms in total.